The molecule has 8 rings (SSSR count). The van der Waals surface area contributed by atoms with Crippen molar-refractivity contribution in [1.29, 1.82) is 0 Å². The van der Waals surface area contributed by atoms with Gasteiger partial charge < -0.3 is 28.7 Å². The summed E-state index contributed by atoms with van der Waals surface area (Å²) in [4.78, 5) is 13.8. The Balaban J connectivity index is 0.000000196. The van der Waals surface area contributed by atoms with E-state index in [1.807, 2.05) is 27.8 Å². The van der Waals surface area contributed by atoms with Crippen LogP contribution in [0.3, 0.4) is 0 Å². The topological polar surface area (TPSA) is 144 Å². The second-order valence-electron chi connectivity index (χ2n) is 15.0. The molecule has 0 saturated carbocycles. The minimum absolute atomic E-state index is 0.146. The summed E-state index contributed by atoms with van der Waals surface area (Å²) in [6.07, 6.45) is 0.948. The normalized spacial score (nSPS) is 15.0. The van der Waals surface area contributed by atoms with Gasteiger partial charge in [0.05, 0.1) is 49.6 Å². The summed E-state index contributed by atoms with van der Waals surface area (Å²) in [6.45, 7) is 3.43. The van der Waals surface area contributed by atoms with Crippen molar-refractivity contribution in [3.63, 3.8) is 0 Å². The van der Waals surface area contributed by atoms with E-state index >= 15 is 0 Å². The maximum atomic E-state index is 13.4. The van der Waals surface area contributed by atoms with Gasteiger partial charge >= 0.3 is 0 Å². The Labute approximate surface area is 400 Å². The largest absolute Gasteiger partial charge is 0.493 e. The molecule has 0 radical (unpaired) electrons. The Kier molecular flexibility index (Phi) is 16.0. The summed E-state index contributed by atoms with van der Waals surface area (Å²) in [7, 11) is -1.38. The molecule has 2 fully saturated rings. The van der Waals surface area contributed by atoms with Crippen molar-refractivity contribution in [3.05, 3.63) is 128 Å². The SMILES string of the molecule is COc1ccc(S(=O)(=O)N2CCN(c3nc(Cc4cc(Cl)cc(Cl)c4)cs3)CC2)cc1OC.COc1ccc(S(=O)(=O)N2CCN(c3nc(Cc4cc(F)cc(F)c4)cs3)CC2)cc1OC. The van der Waals surface area contributed by atoms with Gasteiger partial charge in [-0.05, 0) is 65.7 Å². The Bertz CT molecular complexity index is 2640. The van der Waals surface area contributed by atoms with Gasteiger partial charge in [-0.2, -0.15) is 8.61 Å². The number of halogens is 4. The van der Waals surface area contributed by atoms with E-state index in [0.29, 0.717) is 110 Å². The molecule has 22 heteroatoms. The van der Waals surface area contributed by atoms with Crippen molar-refractivity contribution < 1.29 is 44.6 Å². The van der Waals surface area contributed by atoms with Crippen molar-refractivity contribution in [2.75, 3.05) is 90.6 Å². The summed E-state index contributed by atoms with van der Waals surface area (Å²) in [5.41, 5.74) is 3.14. The Morgan fingerprint density at radius 1 is 0.530 bits per heavy atom. The van der Waals surface area contributed by atoms with Gasteiger partial charge in [0.15, 0.2) is 33.3 Å². The zero-order chi connectivity index (χ0) is 47.2. The third-order valence-electron chi connectivity index (χ3n) is 10.7. The molecule has 352 valence electrons. The van der Waals surface area contributed by atoms with Crippen LogP contribution in [0.25, 0.3) is 0 Å². The van der Waals surface area contributed by atoms with Crippen molar-refractivity contribution >= 4 is 76.2 Å². The highest BCUT2D eigenvalue weighted by atomic mass is 35.5. The molecular formula is C44H46Cl2F2N6O8S4. The average molecular weight is 1020 g/mol. The second kappa shape index (κ2) is 21.4. The first-order chi connectivity index (χ1) is 31.6. The number of nitrogens with zero attached hydrogens (tertiary/aromatic N) is 6. The summed E-state index contributed by atoms with van der Waals surface area (Å²) in [5.74, 6) is 0.446. The molecule has 6 aromatic rings. The molecule has 2 saturated heterocycles. The molecule has 0 aliphatic carbocycles. The first kappa shape index (κ1) is 49.1. The van der Waals surface area contributed by atoms with Crippen LogP contribution in [0.15, 0.2) is 93.3 Å². The molecule has 66 heavy (non-hydrogen) atoms. The van der Waals surface area contributed by atoms with Crippen LogP contribution in [-0.4, -0.2) is 116 Å². The first-order valence-corrected chi connectivity index (χ1v) is 25.7. The molecule has 14 nitrogen and oxygen atoms in total. The maximum absolute atomic E-state index is 13.4. The lowest BCUT2D eigenvalue weighted by atomic mass is 10.1. The lowest BCUT2D eigenvalue weighted by Gasteiger charge is -2.33. The van der Waals surface area contributed by atoms with Crippen LogP contribution in [0.4, 0.5) is 19.0 Å². The van der Waals surface area contributed by atoms with Crippen molar-refractivity contribution in [2.45, 2.75) is 22.6 Å². The van der Waals surface area contributed by atoms with E-state index in [9.17, 15) is 25.6 Å². The molecule has 0 unspecified atom stereocenters. The third-order valence-corrected chi connectivity index (χ3v) is 16.8. The number of piperazine rings is 2. The van der Waals surface area contributed by atoms with Gasteiger partial charge in [0.1, 0.15) is 11.6 Å². The first-order valence-electron chi connectivity index (χ1n) is 20.3. The number of hydrogen-bond donors (Lipinski definition) is 0. The lowest BCUT2D eigenvalue weighted by Crippen LogP contribution is -2.48. The van der Waals surface area contributed by atoms with Crippen LogP contribution in [0.2, 0.25) is 10.0 Å². The number of methoxy groups -OCH3 is 4. The Morgan fingerprint density at radius 2 is 0.909 bits per heavy atom. The van der Waals surface area contributed by atoms with E-state index in [4.69, 9.17) is 47.1 Å². The summed E-state index contributed by atoms with van der Waals surface area (Å²) in [6, 6.07) is 18.1. The van der Waals surface area contributed by atoms with Gasteiger partial charge in [-0.15, -0.1) is 22.7 Å². The van der Waals surface area contributed by atoms with Gasteiger partial charge in [-0.25, -0.2) is 35.6 Å². The van der Waals surface area contributed by atoms with Gasteiger partial charge in [0.25, 0.3) is 0 Å². The highest BCUT2D eigenvalue weighted by Gasteiger charge is 2.32. The second-order valence-corrected chi connectivity index (χ2v) is 21.4. The summed E-state index contributed by atoms with van der Waals surface area (Å²) in [5, 5.41) is 6.69. The van der Waals surface area contributed by atoms with E-state index in [2.05, 4.69) is 9.88 Å². The number of thiazole rings is 2. The van der Waals surface area contributed by atoms with Gasteiger partial charge in [-0.3, -0.25) is 0 Å². The van der Waals surface area contributed by atoms with Crippen LogP contribution >= 0.6 is 45.9 Å². The number of rotatable bonds is 14. The van der Waals surface area contributed by atoms with E-state index in [0.717, 1.165) is 27.6 Å². The van der Waals surface area contributed by atoms with Crippen molar-refractivity contribution in [2.24, 2.45) is 0 Å². The molecule has 0 amide bonds. The minimum atomic E-state index is -3.69. The fraction of sp³-hybridized carbons (Fsp3) is 0.318. The molecule has 0 N–H and O–H groups in total. The van der Waals surface area contributed by atoms with Crippen molar-refractivity contribution in [1.82, 2.24) is 18.6 Å². The summed E-state index contributed by atoms with van der Waals surface area (Å²) < 4.78 is 103. The standard InChI is InChI=1S/C22H23Cl2N3O4S2.C22H23F2N3O4S2/c2*1-30-20-4-3-19(13-21(20)31-2)33(28,29)27-7-5-26(6-8-27)22-25-18(14-32-22)11-15-9-16(23)12-17(24)10-15/h2*3-4,9-10,12-14H,5-8,11H2,1-2H3. The number of ether oxygens (including phenoxy) is 4. The number of anilines is 2. The van der Waals surface area contributed by atoms with Crippen LogP contribution in [0.1, 0.15) is 22.5 Å². The minimum Gasteiger partial charge on any atom is -0.493 e. The highest BCUT2D eigenvalue weighted by Crippen LogP contribution is 2.34. The monoisotopic (exact) mass is 1020 g/mol. The van der Waals surface area contributed by atoms with Gasteiger partial charge in [-0.1, -0.05) is 23.2 Å². The van der Waals surface area contributed by atoms with Crippen LogP contribution < -0.4 is 28.7 Å². The quantitative estimate of drug-likeness (QED) is 0.104. The molecule has 4 aromatic carbocycles. The number of sulfonamides is 2. The van der Waals surface area contributed by atoms with Crippen LogP contribution in [-0.2, 0) is 32.9 Å². The number of benzene rings is 4. The Morgan fingerprint density at radius 3 is 1.29 bits per heavy atom. The fourth-order valence-corrected chi connectivity index (χ4v) is 12.6. The fourth-order valence-electron chi connectivity index (χ4n) is 7.38. The predicted octanol–water partition coefficient (Wildman–Crippen LogP) is 8.11. The smallest absolute Gasteiger partial charge is 0.243 e. The molecule has 2 aliphatic heterocycles. The maximum Gasteiger partial charge on any atom is 0.243 e. The van der Waals surface area contributed by atoms with Crippen molar-refractivity contribution in [3.8, 4) is 23.0 Å². The van der Waals surface area contributed by atoms with E-state index in [1.54, 1.807) is 29.5 Å². The zero-order valence-corrected chi connectivity index (χ0v) is 41.0. The predicted molar refractivity (Wildman–Crippen MR) is 254 cm³/mol. The van der Waals surface area contributed by atoms with E-state index in [-0.39, 0.29) is 9.79 Å². The molecule has 2 aromatic heterocycles. The molecule has 0 spiro atoms. The van der Waals surface area contributed by atoms with Crippen LogP contribution in [0.5, 0.6) is 23.0 Å². The molecule has 2 aliphatic rings. The highest BCUT2D eigenvalue weighted by molar-refractivity contribution is 7.89. The zero-order valence-electron chi connectivity index (χ0n) is 36.2. The molecule has 4 heterocycles. The summed E-state index contributed by atoms with van der Waals surface area (Å²) >= 11 is 15.2. The van der Waals surface area contributed by atoms with E-state index < -0.39 is 31.7 Å². The molecule has 0 bridgehead atoms. The average Bonchev–Trinajstić information content (AvgIpc) is 3.98. The van der Waals surface area contributed by atoms with E-state index in [1.165, 1.54) is 84.8 Å². The van der Waals surface area contributed by atoms with Gasteiger partial charge in [0, 0.05) is 104 Å². The lowest BCUT2D eigenvalue weighted by molar-refractivity contribution is 0.353. The number of hydrogen-bond acceptors (Lipinski definition) is 14. The van der Waals surface area contributed by atoms with Crippen LogP contribution in [0, 0.1) is 11.6 Å². The molecular weight excluding hydrogens is 978 g/mol. The molecule has 0 atom stereocenters. The van der Waals surface area contributed by atoms with Gasteiger partial charge in [0.2, 0.25) is 20.0 Å². The number of aromatic nitrogens is 2. The Hall–Kier alpha value is -4.80. The third kappa shape index (κ3) is 11.6.